The number of benzene rings is 1. The SMILES string of the molecule is N#CC(C#N)=C(C=Cc1ccc(F)cc1)C1CC1. The van der Waals surface area contributed by atoms with Gasteiger partial charge in [0, 0.05) is 0 Å². The van der Waals surface area contributed by atoms with E-state index < -0.39 is 0 Å². The zero-order valence-corrected chi connectivity index (χ0v) is 9.73. The third-order valence-electron chi connectivity index (χ3n) is 2.85. The van der Waals surface area contributed by atoms with Crippen LogP contribution in [-0.4, -0.2) is 0 Å². The summed E-state index contributed by atoms with van der Waals surface area (Å²) < 4.78 is 12.7. The van der Waals surface area contributed by atoms with Crippen LogP contribution >= 0.6 is 0 Å². The summed E-state index contributed by atoms with van der Waals surface area (Å²) in [5.74, 6) is 0.0517. The predicted molar refractivity (Wildman–Crippen MR) is 66.4 cm³/mol. The van der Waals surface area contributed by atoms with Gasteiger partial charge in [0.2, 0.25) is 0 Å². The Hall–Kier alpha value is -2.39. The van der Waals surface area contributed by atoms with Crippen molar-refractivity contribution < 1.29 is 4.39 Å². The van der Waals surface area contributed by atoms with E-state index in [0.717, 1.165) is 24.0 Å². The second-order valence-corrected chi connectivity index (χ2v) is 4.21. The van der Waals surface area contributed by atoms with E-state index in [1.54, 1.807) is 18.2 Å². The molecule has 1 aromatic carbocycles. The van der Waals surface area contributed by atoms with E-state index >= 15 is 0 Å². The zero-order valence-electron chi connectivity index (χ0n) is 9.73. The lowest BCUT2D eigenvalue weighted by molar-refractivity contribution is 0.628. The molecular weight excluding hydrogens is 227 g/mol. The molecule has 2 rings (SSSR count). The van der Waals surface area contributed by atoms with E-state index in [9.17, 15) is 4.39 Å². The van der Waals surface area contributed by atoms with Crippen molar-refractivity contribution in [3.05, 3.63) is 52.9 Å². The molecule has 1 aliphatic rings. The highest BCUT2D eigenvalue weighted by Gasteiger charge is 2.27. The van der Waals surface area contributed by atoms with Crippen LogP contribution in [0.3, 0.4) is 0 Å². The maximum absolute atomic E-state index is 12.7. The number of rotatable bonds is 3. The van der Waals surface area contributed by atoms with E-state index in [1.807, 2.05) is 18.2 Å². The van der Waals surface area contributed by atoms with Gasteiger partial charge in [-0.2, -0.15) is 10.5 Å². The van der Waals surface area contributed by atoms with Crippen LogP contribution in [0.15, 0.2) is 41.5 Å². The Morgan fingerprint density at radius 2 is 1.78 bits per heavy atom. The zero-order chi connectivity index (χ0) is 13.0. The maximum atomic E-state index is 12.7. The van der Waals surface area contributed by atoms with E-state index in [2.05, 4.69) is 0 Å². The van der Waals surface area contributed by atoms with Gasteiger partial charge in [0.15, 0.2) is 0 Å². The molecule has 0 bridgehead atoms. The normalized spacial score (nSPS) is 13.9. The smallest absolute Gasteiger partial charge is 0.133 e. The highest BCUT2D eigenvalue weighted by Crippen LogP contribution is 2.38. The summed E-state index contributed by atoms with van der Waals surface area (Å²) >= 11 is 0. The molecule has 1 aromatic rings. The highest BCUT2D eigenvalue weighted by molar-refractivity contribution is 5.57. The average molecular weight is 238 g/mol. The van der Waals surface area contributed by atoms with Crippen molar-refractivity contribution in [1.29, 1.82) is 10.5 Å². The summed E-state index contributed by atoms with van der Waals surface area (Å²) in [5.41, 5.74) is 1.82. The van der Waals surface area contributed by atoms with E-state index in [-0.39, 0.29) is 11.4 Å². The number of nitrogens with zero attached hydrogens (tertiary/aromatic N) is 2. The predicted octanol–water partition coefficient (Wildman–Crippen LogP) is 3.59. The molecular formula is C15H11FN2. The van der Waals surface area contributed by atoms with Crippen LogP contribution in [0.5, 0.6) is 0 Å². The van der Waals surface area contributed by atoms with Gasteiger partial charge in [0.25, 0.3) is 0 Å². The Kier molecular flexibility index (Phi) is 3.55. The molecule has 2 nitrogen and oxygen atoms in total. The number of hydrogen-bond acceptors (Lipinski definition) is 2. The fraction of sp³-hybridized carbons (Fsp3) is 0.200. The summed E-state index contributed by atoms with van der Waals surface area (Å²) in [5, 5.41) is 17.8. The molecule has 0 radical (unpaired) electrons. The third kappa shape index (κ3) is 2.84. The second-order valence-electron chi connectivity index (χ2n) is 4.21. The Balaban J connectivity index is 2.26. The average Bonchev–Trinajstić information content (AvgIpc) is 3.21. The van der Waals surface area contributed by atoms with Gasteiger partial charge in [-0.05, 0) is 42.0 Å². The number of hydrogen-bond donors (Lipinski definition) is 0. The minimum Gasteiger partial charge on any atom is -0.207 e. The molecule has 0 spiro atoms. The van der Waals surface area contributed by atoms with Crippen molar-refractivity contribution in [2.45, 2.75) is 12.8 Å². The van der Waals surface area contributed by atoms with Crippen molar-refractivity contribution in [3.8, 4) is 12.1 Å². The molecule has 3 heteroatoms. The second kappa shape index (κ2) is 5.29. The molecule has 0 heterocycles. The van der Waals surface area contributed by atoms with Crippen LogP contribution in [0.2, 0.25) is 0 Å². The Morgan fingerprint density at radius 1 is 1.17 bits per heavy atom. The number of halogens is 1. The van der Waals surface area contributed by atoms with Gasteiger partial charge in [-0.25, -0.2) is 4.39 Å². The van der Waals surface area contributed by atoms with E-state index in [1.165, 1.54) is 12.1 Å². The molecule has 1 aliphatic carbocycles. The van der Waals surface area contributed by atoms with Gasteiger partial charge >= 0.3 is 0 Å². The molecule has 0 atom stereocenters. The van der Waals surface area contributed by atoms with E-state index in [4.69, 9.17) is 10.5 Å². The maximum Gasteiger partial charge on any atom is 0.133 e. The first kappa shape index (κ1) is 12.1. The topological polar surface area (TPSA) is 47.6 Å². The summed E-state index contributed by atoms with van der Waals surface area (Å²) in [6.45, 7) is 0. The lowest BCUT2D eigenvalue weighted by atomic mass is 10.0. The van der Waals surface area contributed by atoms with Gasteiger partial charge in [-0.15, -0.1) is 0 Å². The van der Waals surface area contributed by atoms with Crippen LogP contribution in [0, 0.1) is 34.4 Å². The number of allylic oxidation sites excluding steroid dienone is 3. The molecule has 0 N–H and O–H groups in total. The first-order valence-electron chi connectivity index (χ1n) is 5.72. The summed E-state index contributed by atoms with van der Waals surface area (Å²) in [7, 11) is 0. The standard InChI is InChI=1S/C15H11FN2/c16-14-6-1-11(2-7-14)3-8-15(12-4-5-12)13(9-17)10-18/h1-3,6-8,12H,4-5H2. The van der Waals surface area contributed by atoms with Crippen LogP contribution in [0.1, 0.15) is 18.4 Å². The summed E-state index contributed by atoms with van der Waals surface area (Å²) in [4.78, 5) is 0. The monoisotopic (exact) mass is 238 g/mol. The Labute approximate surface area is 105 Å². The fourth-order valence-electron chi connectivity index (χ4n) is 1.73. The van der Waals surface area contributed by atoms with Gasteiger partial charge in [-0.1, -0.05) is 24.3 Å². The quantitative estimate of drug-likeness (QED) is 0.596. The summed E-state index contributed by atoms with van der Waals surface area (Å²) in [6, 6.07) is 9.94. The molecule has 0 amide bonds. The van der Waals surface area contributed by atoms with Gasteiger partial charge in [0.1, 0.15) is 23.5 Å². The minimum absolute atomic E-state index is 0.177. The largest absolute Gasteiger partial charge is 0.207 e. The van der Waals surface area contributed by atoms with Gasteiger partial charge < -0.3 is 0 Å². The number of nitriles is 2. The molecule has 1 fully saturated rings. The van der Waals surface area contributed by atoms with Crippen LogP contribution in [0.4, 0.5) is 4.39 Å². The van der Waals surface area contributed by atoms with Crippen LogP contribution in [0.25, 0.3) is 6.08 Å². The molecule has 0 unspecified atom stereocenters. The van der Waals surface area contributed by atoms with Crippen molar-refractivity contribution in [1.82, 2.24) is 0 Å². The highest BCUT2D eigenvalue weighted by atomic mass is 19.1. The molecule has 1 saturated carbocycles. The minimum atomic E-state index is -0.278. The van der Waals surface area contributed by atoms with Crippen LogP contribution < -0.4 is 0 Å². The van der Waals surface area contributed by atoms with Gasteiger partial charge in [-0.3, -0.25) is 0 Å². The molecule has 88 valence electrons. The van der Waals surface area contributed by atoms with Gasteiger partial charge in [0.05, 0.1) is 0 Å². The van der Waals surface area contributed by atoms with Crippen molar-refractivity contribution in [2.24, 2.45) is 5.92 Å². The molecule has 18 heavy (non-hydrogen) atoms. The van der Waals surface area contributed by atoms with E-state index in [0.29, 0.717) is 5.92 Å². The lowest BCUT2D eigenvalue weighted by Crippen LogP contribution is -1.87. The Morgan fingerprint density at radius 3 is 2.28 bits per heavy atom. The first-order chi connectivity index (χ1) is 8.74. The molecule has 0 aliphatic heterocycles. The molecule has 0 saturated heterocycles. The van der Waals surface area contributed by atoms with Crippen molar-refractivity contribution in [3.63, 3.8) is 0 Å². The van der Waals surface area contributed by atoms with Crippen molar-refractivity contribution in [2.75, 3.05) is 0 Å². The van der Waals surface area contributed by atoms with Crippen molar-refractivity contribution >= 4 is 6.08 Å². The lowest BCUT2D eigenvalue weighted by Gasteiger charge is -1.99. The first-order valence-corrected chi connectivity index (χ1v) is 5.72. The third-order valence-corrected chi connectivity index (χ3v) is 2.85. The van der Waals surface area contributed by atoms with Crippen LogP contribution in [-0.2, 0) is 0 Å². The Bertz CT molecular complexity index is 562. The summed E-state index contributed by atoms with van der Waals surface area (Å²) in [6.07, 6.45) is 5.65. The molecule has 0 aromatic heterocycles. The fourth-order valence-corrected chi connectivity index (χ4v) is 1.73.